The van der Waals surface area contributed by atoms with Crippen LogP contribution in [-0.2, 0) is 17.6 Å². The molecule has 1 aliphatic rings. The zero-order chi connectivity index (χ0) is 19.0. The third-order valence-electron chi connectivity index (χ3n) is 5.08. The highest BCUT2D eigenvalue weighted by Crippen LogP contribution is 2.28. The second-order valence-corrected chi connectivity index (χ2v) is 6.86. The number of nitrogens with two attached hydrogens (primary N) is 1. The average molecular weight is 364 g/mol. The lowest BCUT2D eigenvalue weighted by Gasteiger charge is -2.26. The quantitative estimate of drug-likeness (QED) is 0.564. The van der Waals surface area contributed by atoms with Crippen molar-refractivity contribution in [2.45, 2.75) is 31.7 Å². The normalized spacial score (nSPS) is 16.1. The first-order chi connectivity index (χ1) is 13.0. The van der Waals surface area contributed by atoms with Crippen LogP contribution >= 0.6 is 0 Å². The summed E-state index contributed by atoms with van der Waals surface area (Å²) in [7, 11) is 0. The number of aryl methyl sites for hydroxylation is 1. The number of carbonyl (C=O) groups is 2. The van der Waals surface area contributed by atoms with Gasteiger partial charge in [0.15, 0.2) is 0 Å². The van der Waals surface area contributed by atoms with Gasteiger partial charge in [0.25, 0.3) is 11.5 Å². The Hall–Kier alpha value is -3.35. The van der Waals surface area contributed by atoms with Gasteiger partial charge >= 0.3 is 0 Å². The van der Waals surface area contributed by atoms with Gasteiger partial charge < -0.3 is 21.0 Å². The predicted molar refractivity (Wildman–Crippen MR) is 101 cm³/mol. The first-order valence-electron chi connectivity index (χ1n) is 8.93. The number of H-pyrrole nitrogens is 2. The van der Waals surface area contributed by atoms with Crippen molar-refractivity contribution in [2.75, 3.05) is 0 Å². The lowest BCUT2D eigenvalue weighted by molar-refractivity contribution is -0.121. The first-order valence-corrected chi connectivity index (χ1v) is 8.93. The van der Waals surface area contributed by atoms with E-state index in [-0.39, 0.29) is 23.9 Å². The van der Waals surface area contributed by atoms with Gasteiger partial charge in [-0.25, -0.2) is 0 Å². The van der Waals surface area contributed by atoms with Gasteiger partial charge in [0.1, 0.15) is 5.56 Å². The second kappa shape index (κ2) is 6.75. The van der Waals surface area contributed by atoms with E-state index in [2.05, 4.69) is 15.3 Å². The number of amides is 2. The molecular weight excluding hydrogens is 344 g/mol. The molecule has 0 spiro atoms. The molecule has 2 aromatic heterocycles. The van der Waals surface area contributed by atoms with Crippen LogP contribution in [0.2, 0.25) is 0 Å². The molecule has 0 saturated carbocycles. The van der Waals surface area contributed by atoms with Crippen molar-refractivity contribution in [3.63, 3.8) is 0 Å². The fourth-order valence-electron chi connectivity index (χ4n) is 3.77. The third-order valence-corrected chi connectivity index (χ3v) is 5.08. The van der Waals surface area contributed by atoms with Gasteiger partial charge in [-0.1, -0.05) is 18.2 Å². The molecule has 7 heteroatoms. The third kappa shape index (κ3) is 3.23. The maximum Gasteiger partial charge on any atom is 0.261 e. The number of hydrogen-bond acceptors (Lipinski definition) is 3. The van der Waals surface area contributed by atoms with Crippen molar-refractivity contribution in [2.24, 2.45) is 5.73 Å². The van der Waals surface area contributed by atoms with E-state index >= 15 is 0 Å². The standard InChI is InChI=1S/C20H20N4O3/c21-19(26)14-9-13-16(6-3-7-17(13)24-20(14)27)23-18(25)8-11-10-22-15-5-2-1-4-12(11)15/h1-2,4-5,9-10,16,22H,3,6-8H2,(H2,21,26)(H,23,25)(H,24,27). The Morgan fingerprint density at radius 3 is 2.89 bits per heavy atom. The van der Waals surface area contributed by atoms with Gasteiger partial charge in [0.05, 0.1) is 12.5 Å². The molecule has 0 radical (unpaired) electrons. The van der Waals surface area contributed by atoms with Gasteiger partial charge in [-0.2, -0.15) is 0 Å². The van der Waals surface area contributed by atoms with Crippen LogP contribution in [0.5, 0.6) is 0 Å². The number of benzene rings is 1. The number of fused-ring (bicyclic) bond motifs is 2. The summed E-state index contributed by atoms with van der Waals surface area (Å²) in [6, 6.07) is 9.10. The summed E-state index contributed by atoms with van der Waals surface area (Å²) >= 11 is 0. The summed E-state index contributed by atoms with van der Waals surface area (Å²) in [5.74, 6) is -0.877. The van der Waals surface area contributed by atoms with Crippen LogP contribution in [0.1, 0.15) is 46.1 Å². The molecule has 4 rings (SSSR count). The highest BCUT2D eigenvalue weighted by atomic mass is 16.2. The van der Waals surface area contributed by atoms with Gasteiger partial charge in [0.2, 0.25) is 5.91 Å². The van der Waals surface area contributed by atoms with Gasteiger partial charge in [-0.15, -0.1) is 0 Å². The van der Waals surface area contributed by atoms with E-state index in [1.165, 1.54) is 6.07 Å². The molecule has 0 saturated heterocycles. The second-order valence-electron chi connectivity index (χ2n) is 6.86. The maximum atomic E-state index is 12.6. The van der Waals surface area contributed by atoms with Crippen LogP contribution in [0.3, 0.4) is 0 Å². The summed E-state index contributed by atoms with van der Waals surface area (Å²) in [5, 5.41) is 4.06. The Morgan fingerprint density at radius 1 is 1.26 bits per heavy atom. The molecule has 1 aromatic carbocycles. The largest absolute Gasteiger partial charge is 0.365 e. The summed E-state index contributed by atoms with van der Waals surface area (Å²) in [6.07, 6.45) is 4.40. The highest BCUT2D eigenvalue weighted by Gasteiger charge is 2.25. The molecule has 0 aliphatic heterocycles. The van der Waals surface area contributed by atoms with Crippen LogP contribution in [0, 0.1) is 0 Å². The SMILES string of the molecule is NC(=O)c1cc2c([nH]c1=O)CCCC2NC(=O)Cc1c[nH]c2ccccc12. The molecule has 1 aliphatic carbocycles. The molecule has 2 amide bonds. The molecule has 3 aromatic rings. The van der Waals surface area contributed by atoms with Crippen molar-refractivity contribution in [3.8, 4) is 0 Å². The molecule has 2 heterocycles. The average Bonchev–Trinajstić information content (AvgIpc) is 3.04. The molecule has 27 heavy (non-hydrogen) atoms. The highest BCUT2D eigenvalue weighted by molar-refractivity contribution is 5.92. The molecule has 0 fully saturated rings. The van der Waals surface area contributed by atoms with Crippen molar-refractivity contribution in [3.05, 3.63) is 69.3 Å². The summed E-state index contributed by atoms with van der Waals surface area (Å²) in [4.78, 5) is 42.0. The topological polar surface area (TPSA) is 121 Å². The van der Waals surface area contributed by atoms with Crippen molar-refractivity contribution < 1.29 is 9.59 Å². The summed E-state index contributed by atoms with van der Waals surface area (Å²) < 4.78 is 0. The van der Waals surface area contributed by atoms with E-state index in [1.807, 2.05) is 30.5 Å². The molecule has 7 nitrogen and oxygen atoms in total. The molecule has 138 valence electrons. The fraction of sp³-hybridized carbons (Fsp3) is 0.250. The van der Waals surface area contributed by atoms with Gasteiger partial charge in [0, 0.05) is 22.8 Å². The number of nitrogens with one attached hydrogen (secondary N) is 3. The summed E-state index contributed by atoms with van der Waals surface area (Å²) in [6.45, 7) is 0. The van der Waals surface area contributed by atoms with E-state index in [4.69, 9.17) is 5.73 Å². The van der Waals surface area contributed by atoms with Crippen LogP contribution in [0.15, 0.2) is 41.3 Å². The van der Waals surface area contributed by atoms with Crippen LogP contribution in [-0.4, -0.2) is 21.8 Å². The van der Waals surface area contributed by atoms with Crippen LogP contribution in [0.25, 0.3) is 10.9 Å². The lowest BCUT2D eigenvalue weighted by atomic mass is 9.90. The van der Waals surface area contributed by atoms with E-state index in [0.29, 0.717) is 6.42 Å². The van der Waals surface area contributed by atoms with Crippen molar-refractivity contribution in [1.29, 1.82) is 0 Å². The number of primary amides is 1. The van der Waals surface area contributed by atoms with E-state index in [0.717, 1.165) is 40.6 Å². The fourth-order valence-corrected chi connectivity index (χ4v) is 3.77. The minimum Gasteiger partial charge on any atom is -0.365 e. The number of rotatable bonds is 4. The molecular formula is C20H20N4O3. The maximum absolute atomic E-state index is 12.6. The molecule has 5 N–H and O–H groups in total. The monoisotopic (exact) mass is 364 g/mol. The van der Waals surface area contributed by atoms with Gasteiger partial charge in [-0.05, 0) is 42.5 Å². The summed E-state index contributed by atoms with van der Waals surface area (Å²) in [5.41, 5.74) is 8.18. The molecule has 1 atom stereocenters. The number of hydrogen-bond donors (Lipinski definition) is 4. The molecule has 1 unspecified atom stereocenters. The number of para-hydroxylation sites is 1. The van der Waals surface area contributed by atoms with Crippen molar-refractivity contribution >= 4 is 22.7 Å². The van der Waals surface area contributed by atoms with E-state index in [1.54, 1.807) is 0 Å². The predicted octanol–water partition coefficient (Wildman–Crippen LogP) is 1.69. The minimum absolute atomic E-state index is 0.0773. The first kappa shape index (κ1) is 17.1. The Morgan fingerprint density at radius 2 is 2.07 bits per heavy atom. The molecule has 0 bridgehead atoms. The number of aromatic amines is 2. The van der Waals surface area contributed by atoms with Crippen LogP contribution < -0.4 is 16.6 Å². The Bertz CT molecular complexity index is 1100. The Kier molecular flexibility index (Phi) is 4.27. The van der Waals surface area contributed by atoms with Crippen molar-refractivity contribution in [1.82, 2.24) is 15.3 Å². The number of aromatic nitrogens is 2. The Labute approximate surface area is 155 Å². The van der Waals surface area contributed by atoms with E-state index < -0.39 is 11.5 Å². The van der Waals surface area contributed by atoms with Crippen LogP contribution in [0.4, 0.5) is 0 Å². The smallest absolute Gasteiger partial charge is 0.261 e. The van der Waals surface area contributed by atoms with Gasteiger partial charge in [-0.3, -0.25) is 14.4 Å². The minimum atomic E-state index is -0.770. The number of pyridine rings is 1. The van der Waals surface area contributed by atoms with E-state index in [9.17, 15) is 14.4 Å². The lowest BCUT2D eigenvalue weighted by Crippen LogP contribution is -2.34. The zero-order valence-electron chi connectivity index (χ0n) is 14.7. The zero-order valence-corrected chi connectivity index (χ0v) is 14.7. The number of carbonyl (C=O) groups excluding carboxylic acids is 2. The Balaban J connectivity index is 1.57.